The van der Waals surface area contributed by atoms with Crippen LogP contribution in [0, 0.1) is 5.92 Å². The Kier molecular flexibility index (Phi) is 6.91. The van der Waals surface area contributed by atoms with Gasteiger partial charge < -0.3 is 20.5 Å². The molecule has 2 amide bonds. The minimum atomic E-state index is -1.22. The highest BCUT2D eigenvalue weighted by Gasteiger charge is 2.48. The maximum absolute atomic E-state index is 12.5. The summed E-state index contributed by atoms with van der Waals surface area (Å²) in [5, 5.41) is 15.1. The summed E-state index contributed by atoms with van der Waals surface area (Å²) in [5.41, 5.74) is 3.42. The van der Waals surface area contributed by atoms with Gasteiger partial charge in [0.1, 0.15) is 12.1 Å². The van der Waals surface area contributed by atoms with Gasteiger partial charge in [-0.15, -0.1) is 0 Å². The number of carboxylic acids is 1. The Morgan fingerprint density at radius 1 is 1.06 bits per heavy atom. The van der Waals surface area contributed by atoms with Gasteiger partial charge in [-0.3, -0.25) is 4.79 Å². The van der Waals surface area contributed by atoms with Crippen molar-refractivity contribution in [3.05, 3.63) is 59.7 Å². The zero-order valence-corrected chi connectivity index (χ0v) is 19.7. The van der Waals surface area contributed by atoms with E-state index in [0.29, 0.717) is 12.8 Å². The standard InChI is InChI=1S/C27H32N2O5/c1-3-18(14-15-24(30)29-27(2,25(31)32)17-12-13-17)28-26(33)34-16-23-21-10-6-4-8-19(21)20-9-5-7-11-22(20)23/h4-11,17-18,23H,3,12-16H2,1-2H3,(H,28,33)(H,29,30)(H,31,32). The van der Waals surface area contributed by atoms with E-state index in [1.807, 2.05) is 31.2 Å². The molecule has 0 aromatic heterocycles. The van der Waals surface area contributed by atoms with Crippen molar-refractivity contribution < 1.29 is 24.2 Å². The van der Waals surface area contributed by atoms with E-state index in [0.717, 1.165) is 24.0 Å². The first-order valence-electron chi connectivity index (χ1n) is 12.0. The van der Waals surface area contributed by atoms with Crippen LogP contribution in [0.5, 0.6) is 0 Å². The number of amides is 2. The van der Waals surface area contributed by atoms with Crippen LogP contribution >= 0.6 is 0 Å². The van der Waals surface area contributed by atoms with E-state index in [-0.39, 0.29) is 36.8 Å². The number of benzene rings is 2. The number of carbonyl (C=O) groups excluding carboxylic acids is 2. The molecule has 2 aromatic rings. The molecular weight excluding hydrogens is 432 g/mol. The van der Waals surface area contributed by atoms with Gasteiger partial charge in [0, 0.05) is 18.4 Å². The lowest BCUT2D eigenvalue weighted by atomic mass is 9.95. The van der Waals surface area contributed by atoms with E-state index in [1.54, 1.807) is 6.92 Å². The first kappa shape index (κ1) is 23.8. The van der Waals surface area contributed by atoms with Crippen LogP contribution in [0.3, 0.4) is 0 Å². The fraction of sp³-hybridized carbons (Fsp3) is 0.444. The van der Waals surface area contributed by atoms with Crippen molar-refractivity contribution in [3.8, 4) is 11.1 Å². The van der Waals surface area contributed by atoms with E-state index in [1.165, 1.54) is 11.1 Å². The zero-order chi connectivity index (χ0) is 24.3. The monoisotopic (exact) mass is 464 g/mol. The smallest absolute Gasteiger partial charge is 0.407 e. The van der Waals surface area contributed by atoms with E-state index in [9.17, 15) is 19.5 Å². The number of carbonyl (C=O) groups is 3. The molecule has 7 nitrogen and oxygen atoms in total. The Bertz CT molecular complexity index is 1030. The number of rotatable bonds is 10. The molecule has 2 aromatic carbocycles. The van der Waals surface area contributed by atoms with Gasteiger partial charge in [-0.1, -0.05) is 55.5 Å². The molecular formula is C27H32N2O5. The van der Waals surface area contributed by atoms with Crippen LogP contribution in [-0.4, -0.2) is 41.3 Å². The molecule has 3 N–H and O–H groups in total. The van der Waals surface area contributed by atoms with E-state index in [2.05, 4.69) is 34.9 Å². The average Bonchev–Trinajstić information content (AvgIpc) is 3.64. The van der Waals surface area contributed by atoms with Crippen molar-refractivity contribution in [1.29, 1.82) is 0 Å². The first-order valence-corrected chi connectivity index (χ1v) is 12.0. The molecule has 0 aliphatic heterocycles. The third kappa shape index (κ3) is 4.93. The van der Waals surface area contributed by atoms with Gasteiger partial charge in [0.2, 0.25) is 5.91 Å². The molecule has 0 bridgehead atoms. The molecule has 1 fully saturated rings. The fourth-order valence-electron chi connectivity index (χ4n) is 4.83. The SMILES string of the molecule is CCC(CCC(=O)NC(C)(C(=O)O)C1CC1)NC(=O)OCC1c2ccccc2-c2ccccc21. The summed E-state index contributed by atoms with van der Waals surface area (Å²) in [6.07, 6.45) is 2.29. The molecule has 34 heavy (non-hydrogen) atoms. The second-order valence-corrected chi connectivity index (χ2v) is 9.44. The topological polar surface area (TPSA) is 105 Å². The number of fused-ring (bicyclic) bond motifs is 3. The van der Waals surface area contributed by atoms with Crippen LogP contribution in [0.4, 0.5) is 4.79 Å². The summed E-state index contributed by atoms with van der Waals surface area (Å²) < 4.78 is 5.60. The zero-order valence-electron chi connectivity index (χ0n) is 19.7. The van der Waals surface area contributed by atoms with Crippen LogP contribution in [0.1, 0.15) is 63.0 Å². The van der Waals surface area contributed by atoms with Gasteiger partial charge in [-0.25, -0.2) is 9.59 Å². The largest absolute Gasteiger partial charge is 0.480 e. The van der Waals surface area contributed by atoms with Crippen LogP contribution in [0.15, 0.2) is 48.5 Å². The Morgan fingerprint density at radius 3 is 2.18 bits per heavy atom. The predicted octanol–water partition coefficient (Wildman–Crippen LogP) is 4.45. The molecule has 4 rings (SSSR count). The highest BCUT2D eigenvalue weighted by molar-refractivity contribution is 5.87. The number of nitrogens with one attached hydrogen (secondary N) is 2. The summed E-state index contributed by atoms with van der Waals surface area (Å²) in [4.78, 5) is 36.6. The van der Waals surface area contributed by atoms with Crippen LogP contribution in [0.25, 0.3) is 11.1 Å². The average molecular weight is 465 g/mol. The molecule has 2 aliphatic carbocycles. The van der Waals surface area contributed by atoms with E-state index < -0.39 is 17.6 Å². The maximum atomic E-state index is 12.5. The number of hydrogen-bond donors (Lipinski definition) is 3. The molecule has 2 aliphatic rings. The summed E-state index contributed by atoms with van der Waals surface area (Å²) in [7, 11) is 0. The van der Waals surface area contributed by atoms with Crippen molar-refractivity contribution in [1.82, 2.24) is 10.6 Å². The third-order valence-corrected chi connectivity index (χ3v) is 7.12. The van der Waals surface area contributed by atoms with Gasteiger partial charge in [0.05, 0.1) is 0 Å². The van der Waals surface area contributed by atoms with E-state index >= 15 is 0 Å². The lowest BCUT2D eigenvalue weighted by Crippen LogP contribution is -2.54. The van der Waals surface area contributed by atoms with Crippen molar-refractivity contribution in [2.24, 2.45) is 5.92 Å². The van der Waals surface area contributed by atoms with Crippen molar-refractivity contribution in [2.45, 2.75) is 63.5 Å². The van der Waals surface area contributed by atoms with Crippen LogP contribution in [-0.2, 0) is 14.3 Å². The molecule has 0 radical (unpaired) electrons. The molecule has 2 unspecified atom stereocenters. The summed E-state index contributed by atoms with van der Waals surface area (Å²) >= 11 is 0. The second-order valence-electron chi connectivity index (χ2n) is 9.44. The molecule has 0 spiro atoms. The Morgan fingerprint density at radius 2 is 1.65 bits per heavy atom. The second kappa shape index (κ2) is 9.87. The summed E-state index contributed by atoms with van der Waals surface area (Å²) in [5.74, 6) is -1.35. The molecule has 1 saturated carbocycles. The number of carboxylic acid groups (broad SMARTS) is 1. The predicted molar refractivity (Wildman–Crippen MR) is 128 cm³/mol. The van der Waals surface area contributed by atoms with Crippen molar-refractivity contribution >= 4 is 18.0 Å². The normalized spacial score (nSPS) is 17.1. The summed E-state index contributed by atoms with van der Waals surface area (Å²) in [6, 6.07) is 16.1. The van der Waals surface area contributed by atoms with Gasteiger partial charge in [0.15, 0.2) is 0 Å². The van der Waals surface area contributed by atoms with Crippen molar-refractivity contribution in [2.75, 3.05) is 6.61 Å². The minimum Gasteiger partial charge on any atom is -0.480 e. The Hall–Kier alpha value is -3.35. The lowest BCUT2D eigenvalue weighted by Gasteiger charge is -2.26. The van der Waals surface area contributed by atoms with Gasteiger partial charge in [0.25, 0.3) is 0 Å². The molecule has 0 saturated heterocycles. The molecule has 2 atom stereocenters. The fourth-order valence-corrected chi connectivity index (χ4v) is 4.83. The number of aliphatic carboxylic acids is 1. The van der Waals surface area contributed by atoms with Gasteiger partial charge in [-0.2, -0.15) is 0 Å². The maximum Gasteiger partial charge on any atom is 0.407 e. The first-order chi connectivity index (χ1) is 16.3. The number of ether oxygens (including phenoxy) is 1. The van der Waals surface area contributed by atoms with Gasteiger partial charge in [-0.05, 0) is 60.8 Å². The van der Waals surface area contributed by atoms with Gasteiger partial charge >= 0.3 is 12.1 Å². The van der Waals surface area contributed by atoms with Crippen molar-refractivity contribution in [3.63, 3.8) is 0 Å². The highest BCUT2D eigenvalue weighted by Crippen LogP contribution is 2.44. The molecule has 7 heteroatoms. The number of hydrogen-bond acceptors (Lipinski definition) is 4. The molecule has 180 valence electrons. The quantitative estimate of drug-likeness (QED) is 0.482. The Labute approximate surface area is 199 Å². The molecule has 0 heterocycles. The van der Waals surface area contributed by atoms with E-state index in [4.69, 9.17) is 4.74 Å². The number of alkyl carbamates (subject to hydrolysis) is 1. The highest BCUT2D eigenvalue weighted by atomic mass is 16.5. The minimum absolute atomic E-state index is 0.0138. The summed E-state index contributed by atoms with van der Waals surface area (Å²) in [6.45, 7) is 3.73. The lowest BCUT2D eigenvalue weighted by molar-refractivity contribution is -0.147. The third-order valence-electron chi connectivity index (χ3n) is 7.12. The van der Waals surface area contributed by atoms with Crippen LogP contribution in [0.2, 0.25) is 0 Å². The Balaban J connectivity index is 1.29. The van der Waals surface area contributed by atoms with Crippen LogP contribution < -0.4 is 10.6 Å².